The van der Waals surface area contributed by atoms with Gasteiger partial charge in [0.1, 0.15) is 12.0 Å². The Bertz CT molecular complexity index is 956. The van der Waals surface area contributed by atoms with Crippen LogP contribution in [-0.2, 0) is 11.8 Å². The van der Waals surface area contributed by atoms with Gasteiger partial charge in [-0.15, -0.1) is 0 Å². The average molecular weight is 354 g/mol. The van der Waals surface area contributed by atoms with Crippen LogP contribution in [0.3, 0.4) is 0 Å². The summed E-state index contributed by atoms with van der Waals surface area (Å²) in [6.07, 6.45) is 4.98. The van der Waals surface area contributed by atoms with Crippen LogP contribution in [0.2, 0.25) is 0 Å². The molecule has 1 saturated heterocycles. The summed E-state index contributed by atoms with van der Waals surface area (Å²) in [5.41, 5.74) is 2.47. The van der Waals surface area contributed by atoms with Crippen molar-refractivity contribution in [1.82, 2.24) is 24.6 Å². The first-order valence-corrected chi connectivity index (χ1v) is 8.49. The molecule has 4 heterocycles. The normalized spacial score (nSPS) is 17.7. The number of amides is 1. The molecule has 1 N–H and O–H groups in total. The van der Waals surface area contributed by atoms with Crippen molar-refractivity contribution in [2.24, 2.45) is 7.05 Å². The smallest absolute Gasteiger partial charge is 0.239 e. The largest absolute Gasteiger partial charge is 0.310 e. The molecule has 1 fully saturated rings. The lowest BCUT2D eigenvalue weighted by Gasteiger charge is -2.14. The molecule has 0 bridgehead atoms. The molecule has 0 spiro atoms. The van der Waals surface area contributed by atoms with Crippen molar-refractivity contribution in [2.45, 2.75) is 12.6 Å². The molecule has 1 aliphatic rings. The molecule has 7 nitrogen and oxygen atoms in total. The van der Waals surface area contributed by atoms with E-state index in [1.54, 1.807) is 28.0 Å². The summed E-state index contributed by atoms with van der Waals surface area (Å²) in [6.45, 7) is 1.09. The SMILES string of the molecule is Cn1cc(-c2ccc3cnc(NC(=O)CN4CC[C@@H](F)C4)cc3n2)cn1. The molecule has 26 heavy (non-hydrogen) atoms. The number of anilines is 1. The van der Waals surface area contributed by atoms with Crippen LogP contribution in [0.5, 0.6) is 0 Å². The number of aryl methyl sites for hydroxylation is 1. The van der Waals surface area contributed by atoms with Crippen LogP contribution in [0.25, 0.3) is 22.2 Å². The molecule has 0 unspecified atom stereocenters. The van der Waals surface area contributed by atoms with Crippen LogP contribution >= 0.6 is 0 Å². The standard InChI is InChI=1S/C18H19FN6O/c1-24-9-13(8-21-24)15-3-2-12-7-20-17(6-16(12)22-15)23-18(26)11-25-5-4-14(19)10-25/h2-3,6-9,14H,4-5,10-11H2,1H3,(H,20,23,26)/t14-/m1/s1. The molecule has 1 atom stereocenters. The highest BCUT2D eigenvalue weighted by molar-refractivity contribution is 5.93. The number of rotatable bonds is 4. The third-order valence-electron chi connectivity index (χ3n) is 4.42. The summed E-state index contributed by atoms with van der Waals surface area (Å²) in [7, 11) is 1.85. The summed E-state index contributed by atoms with van der Waals surface area (Å²) in [5.74, 6) is 0.240. The zero-order valence-corrected chi connectivity index (χ0v) is 14.4. The van der Waals surface area contributed by atoms with E-state index in [1.165, 1.54) is 0 Å². The minimum Gasteiger partial charge on any atom is -0.310 e. The number of likely N-dealkylation sites (tertiary alicyclic amines) is 1. The number of hydrogen-bond donors (Lipinski definition) is 1. The Balaban J connectivity index is 1.51. The van der Waals surface area contributed by atoms with Crippen molar-refractivity contribution in [3.63, 3.8) is 0 Å². The molecule has 1 aliphatic heterocycles. The van der Waals surface area contributed by atoms with E-state index in [0.717, 1.165) is 22.2 Å². The van der Waals surface area contributed by atoms with E-state index in [4.69, 9.17) is 0 Å². The third-order valence-corrected chi connectivity index (χ3v) is 4.42. The first-order valence-electron chi connectivity index (χ1n) is 8.49. The number of carbonyl (C=O) groups is 1. The Morgan fingerprint density at radius 3 is 3.00 bits per heavy atom. The monoisotopic (exact) mass is 354 g/mol. The van der Waals surface area contributed by atoms with Gasteiger partial charge in [0.25, 0.3) is 0 Å². The van der Waals surface area contributed by atoms with Gasteiger partial charge in [0, 0.05) is 49.5 Å². The van der Waals surface area contributed by atoms with Gasteiger partial charge in [-0.1, -0.05) is 0 Å². The zero-order valence-electron chi connectivity index (χ0n) is 14.4. The van der Waals surface area contributed by atoms with Crippen molar-refractivity contribution in [1.29, 1.82) is 0 Å². The van der Waals surface area contributed by atoms with Crippen molar-refractivity contribution in [3.05, 3.63) is 36.8 Å². The first-order chi connectivity index (χ1) is 12.6. The van der Waals surface area contributed by atoms with Gasteiger partial charge < -0.3 is 5.32 Å². The molecule has 0 aromatic carbocycles. The highest BCUT2D eigenvalue weighted by Crippen LogP contribution is 2.21. The fourth-order valence-corrected chi connectivity index (χ4v) is 3.11. The number of alkyl halides is 1. The number of pyridine rings is 2. The Hall–Kier alpha value is -2.87. The molecule has 3 aromatic rings. The van der Waals surface area contributed by atoms with Crippen LogP contribution in [0.4, 0.5) is 10.2 Å². The summed E-state index contributed by atoms with van der Waals surface area (Å²) < 4.78 is 14.9. The highest BCUT2D eigenvalue weighted by atomic mass is 19.1. The van der Waals surface area contributed by atoms with Gasteiger partial charge in [-0.3, -0.25) is 14.4 Å². The second kappa shape index (κ2) is 6.80. The van der Waals surface area contributed by atoms with Gasteiger partial charge in [-0.25, -0.2) is 14.4 Å². The van der Waals surface area contributed by atoms with E-state index in [-0.39, 0.29) is 12.5 Å². The van der Waals surface area contributed by atoms with Gasteiger partial charge in [-0.2, -0.15) is 5.10 Å². The van der Waals surface area contributed by atoms with Crippen LogP contribution in [0.1, 0.15) is 6.42 Å². The number of nitrogens with zero attached hydrogens (tertiary/aromatic N) is 5. The van der Waals surface area contributed by atoms with Gasteiger partial charge in [0.15, 0.2) is 0 Å². The maximum atomic E-state index is 13.2. The van der Waals surface area contributed by atoms with E-state index in [2.05, 4.69) is 20.4 Å². The molecule has 1 amide bonds. The van der Waals surface area contributed by atoms with Crippen molar-refractivity contribution in [2.75, 3.05) is 25.0 Å². The molecule has 0 aliphatic carbocycles. The quantitative estimate of drug-likeness (QED) is 0.776. The molecular formula is C18H19FN6O. The second-order valence-electron chi connectivity index (χ2n) is 6.53. The minimum atomic E-state index is -0.836. The zero-order chi connectivity index (χ0) is 18.1. The highest BCUT2D eigenvalue weighted by Gasteiger charge is 2.23. The lowest BCUT2D eigenvalue weighted by Crippen LogP contribution is -2.32. The predicted octanol–water partition coefficient (Wildman–Crippen LogP) is 2.01. The van der Waals surface area contributed by atoms with E-state index >= 15 is 0 Å². The molecule has 0 radical (unpaired) electrons. The number of nitrogens with one attached hydrogen (secondary N) is 1. The molecule has 3 aromatic heterocycles. The van der Waals surface area contributed by atoms with E-state index in [1.807, 2.05) is 25.4 Å². The van der Waals surface area contributed by atoms with Crippen LogP contribution in [0, 0.1) is 0 Å². The number of aromatic nitrogens is 4. The first kappa shape index (κ1) is 16.6. The third kappa shape index (κ3) is 3.55. The van der Waals surface area contributed by atoms with E-state index in [9.17, 15) is 9.18 Å². The Morgan fingerprint density at radius 1 is 1.38 bits per heavy atom. The van der Waals surface area contributed by atoms with Crippen molar-refractivity contribution >= 4 is 22.6 Å². The van der Waals surface area contributed by atoms with E-state index < -0.39 is 6.17 Å². The fourth-order valence-electron chi connectivity index (χ4n) is 3.11. The summed E-state index contributed by atoms with van der Waals surface area (Å²) >= 11 is 0. The number of hydrogen-bond acceptors (Lipinski definition) is 5. The number of halogens is 1. The maximum absolute atomic E-state index is 13.2. The maximum Gasteiger partial charge on any atom is 0.239 e. The molecule has 134 valence electrons. The predicted molar refractivity (Wildman–Crippen MR) is 96.3 cm³/mol. The molecule has 4 rings (SSSR count). The van der Waals surface area contributed by atoms with Crippen molar-refractivity contribution < 1.29 is 9.18 Å². The number of fused-ring (bicyclic) bond motifs is 1. The Labute approximate surface area is 149 Å². The second-order valence-corrected chi connectivity index (χ2v) is 6.53. The Morgan fingerprint density at radius 2 is 2.27 bits per heavy atom. The topological polar surface area (TPSA) is 75.9 Å². The van der Waals surface area contributed by atoms with Gasteiger partial charge in [0.2, 0.25) is 5.91 Å². The lowest BCUT2D eigenvalue weighted by molar-refractivity contribution is -0.117. The van der Waals surface area contributed by atoms with Gasteiger partial charge in [0.05, 0.1) is 24.0 Å². The Kier molecular flexibility index (Phi) is 4.34. The van der Waals surface area contributed by atoms with Crippen LogP contribution in [0.15, 0.2) is 36.8 Å². The lowest BCUT2D eigenvalue weighted by atomic mass is 10.2. The fraction of sp³-hybridized carbons (Fsp3) is 0.333. The van der Waals surface area contributed by atoms with E-state index in [0.29, 0.717) is 25.3 Å². The summed E-state index contributed by atoms with van der Waals surface area (Å²) in [6, 6.07) is 5.60. The summed E-state index contributed by atoms with van der Waals surface area (Å²) in [4.78, 5) is 22.9. The molecule has 8 heteroatoms. The van der Waals surface area contributed by atoms with Gasteiger partial charge >= 0.3 is 0 Å². The van der Waals surface area contributed by atoms with Gasteiger partial charge in [-0.05, 0) is 18.6 Å². The van der Waals surface area contributed by atoms with Crippen LogP contribution < -0.4 is 5.32 Å². The minimum absolute atomic E-state index is 0.170. The van der Waals surface area contributed by atoms with Crippen molar-refractivity contribution in [3.8, 4) is 11.3 Å². The van der Waals surface area contributed by atoms with Crippen LogP contribution in [-0.4, -0.2) is 56.4 Å². The summed E-state index contributed by atoms with van der Waals surface area (Å²) in [5, 5.41) is 7.81. The molecule has 0 saturated carbocycles. The average Bonchev–Trinajstić information content (AvgIpc) is 3.22. The molecular weight excluding hydrogens is 335 g/mol. The number of carbonyl (C=O) groups excluding carboxylic acids is 1.